The van der Waals surface area contributed by atoms with E-state index < -0.39 is 0 Å². The van der Waals surface area contributed by atoms with Crippen LogP contribution in [0.25, 0.3) is 0 Å². The Hall–Kier alpha value is -2.66. The molecule has 0 aliphatic carbocycles. The minimum Gasteiger partial charge on any atom is -0.348 e. The van der Waals surface area contributed by atoms with E-state index in [2.05, 4.69) is 22.8 Å². The van der Waals surface area contributed by atoms with Gasteiger partial charge in [0.05, 0.1) is 0 Å². The molecule has 5 heteroatoms. The van der Waals surface area contributed by atoms with Crippen molar-refractivity contribution in [2.45, 2.75) is 19.6 Å². The SMILES string of the molecule is CN(C)C(=O)c1ccc(C(=O)NCc2ccc3c(c2)CNC3)cc1. The number of carbonyl (C=O) groups excluding carboxylic acids is 2. The van der Waals surface area contributed by atoms with Gasteiger partial charge in [-0.15, -0.1) is 0 Å². The lowest BCUT2D eigenvalue weighted by Crippen LogP contribution is -2.24. The van der Waals surface area contributed by atoms with Gasteiger partial charge in [-0.25, -0.2) is 0 Å². The molecule has 2 N–H and O–H groups in total. The normalized spacial score (nSPS) is 12.6. The maximum atomic E-state index is 12.2. The van der Waals surface area contributed by atoms with Crippen LogP contribution < -0.4 is 10.6 Å². The molecule has 1 aliphatic heterocycles. The van der Waals surface area contributed by atoms with Crippen molar-refractivity contribution in [2.24, 2.45) is 0 Å². The predicted octanol–water partition coefficient (Wildman–Crippen LogP) is 1.92. The Balaban J connectivity index is 1.62. The largest absolute Gasteiger partial charge is 0.348 e. The molecular weight excluding hydrogens is 302 g/mol. The van der Waals surface area contributed by atoms with Gasteiger partial charge in [0.25, 0.3) is 11.8 Å². The molecule has 1 heterocycles. The van der Waals surface area contributed by atoms with Gasteiger partial charge in [0.2, 0.25) is 0 Å². The van der Waals surface area contributed by atoms with Crippen molar-refractivity contribution in [3.8, 4) is 0 Å². The Morgan fingerprint density at radius 3 is 2.38 bits per heavy atom. The van der Waals surface area contributed by atoms with Gasteiger partial charge in [-0.05, 0) is 41.0 Å². The van der Waals surface area contributed by atoms with Crippen molar-refractivity contribution in [1.82, 2.24) is 15.5 Å². The van der Waals surface area contributed by atoms with Gasteiger partial charge < -0.3 is 15.5 Å². The first kappa shape index (κ1) is 16.2. The summed E-state index contributed by atoms with van der Waals surface area (Å²) in [5, 5.41) is 6.23. The zero-order valence-electron chi connectivity index (χ0n) is 13.9. The lowest BCUT2D eigenvalue weighted by molar-refractivity contribution is 0.0826. The molecule has 2 amide bonds. The van der Waals surface area contributed by atoms with Crippen LogP contribution in [0.4, 0.5) is 0 Å². The highest BCUT2D eigenvalue weighted by molar-refractivity contribution is 5.97. The van der Waals surface area contributed by atoms with Gasteiger partial charge >= 0.3 is 0 Å². The van der Waals surface area contributed by atoms with Gasteiger partial charge in [0, 0.05) is 44.9 Å². The lowest BCUT2D eigenvalue weighted by Gasteiger charge is -2.11. The fourth-order valence-corrected chi connectivity index (χ4v) is 2.76. The van der Waals surface area contributed by atoms with Crippen LogP contribution in [0, 0.1) is 0 Å². The zero-order valence-corrected chi connectivity index (χ0v) is 13.9. The minimum atomic E-state index is -0.141. The van der Waals surface area contributed by atoms with E-state index in [1.165, 1.54) is 16.0 Å². The van der Waals surface area contributed by atoms with E-state index in [-0.39, 0.29) is 11.8 Å². The van der Waals surface area contributed by atoms with Crippen LogP contribution >= 0.6 is 0 Å². The highest BCUT2D eigenvalue weighted by atomic mass is 16.2. The van der Waals surface area contributed by atoms with Crippen LogP contribution in [-0.4, -0.2) is 30.8 Å². The van der Waals surface area contributed by atoms with Crippen LogP contribution in [0.3, 0.4) is 0 Å². The molecule has 0 saturated heterocycles. The molecule has 0 saturated carbocycles. The summed E-state index contributed by atoms with van der Waals surface area (Å²) in [7, 11) is 3.41. The molecule has 124 valence electrons. The number of rotatable bonds is 4. The van der Waals surface area contributed by atoms with Gasteiger partial charge in [0.15, 0.2) is 0 Å². The average molecular weight is 323 g/mol. The lowest BCUT2D eigenvalue weighted by atomic mass is 10.1. The van der Waals surface area contributed by atoms with Crippen LogP contribution in [0.5, 0.6) is 0 Å². The second-order valence-electron chi connectivity index (χ2n) is 6.17. The summed E-state index contributed by atoms with van der Waals surface area (Å²) in [6.45, 7) is 2.29. The molecule has 24 heavy (non-hydrogen) atoms. The summed E-state index contributed by atoms with van der Waals surface area (Å²) in [4.78, 5) is 25.6. The molecule has 0 atom stereocenters. The molecular formula is C19H21N3O2. The zero-order chi connectivity index (χ0) is 17.1. The van der Waals surface area contributed by atoms with Crippen LogP contribution in [0.2, 0.25) is 0 Å². The van der Waals surface area contributed by atoms with Gasteiger partial charge in [-0.1, -0.05) is 18.2 Å². The standard InChI is InChI=1S/C19H21N3O2/c1-22(2)19(24)15-7-5-14(6-8-15)18(23)21-10-13-3-4-16-11-20-12-17(16)9-13/h3-9,20H,10-12H2,1-2H3,(H,21,23). The Kier molecular flexibility index (Phi) is 4.62. The molecule has 0 unspecified atom stereocenters. The minimum absolute atomic E-state index is 0.0753. The smallest absolute Gasteiger partial charge is 0.253 e. The number of benzene rings is 2. The van der Waals surface area contributed by atoms with Crippen LogP contribution in [0.15, 0.2) is 42.5 Å². The molecule has 0 bridgehead atoms. The van der Waals surface area contributed by atoms with Crippen LogP contribution in [-0.2, 0) is 19.6 Å². The molecule has 2 aromatic carbocycles. The highest BCUT2D eigenvalue weighted by Crippen LogP contribution is 2.17. The van der Waals surface area contributed by atoms with E-state index in [1.807, 2.05) is 6.07 Å². The third-order valence-corrected chi connectivity index (χ3v) is 4.15. The molecule has 0 fully saturated rings. The number of nitrogens with zero attached hydrogens (tertiary/aromatic N) is 1. The van der Waals surface area contributed by atoms with Crippen molar-refractivity contribution >= 4 is 11.8 Å². The first-order valence-electron chi connectivity index (χ1n) is 7.96. The molecule has 5 nitrogen and oxygen atoms in total. The topological polar surface area (TPSA) is 61.4 Å². The molecule has 0 aromatic heterocycles. The van der Waals surface area contributed by atoms with Crippen molar-refractivity contribution < 1.29 is 9.59 Å². The summed E-state index contributed by atoms with van der Waals surface area (Å²) < 4.78 is 0. The number of hydrogen-bond donors (Lipinski definition) is 2. The van der Waals surface area contributed by atoms with Crippen molar-refractivity contribution in [1.29, 1.82) is 0 Å². The molecule has 3 rings (SSSR count). The quantitative estimate of drug-likeness (QED) is 0.904. The monoisotopic (exact) mass is 323 g/mol. The maximum absolute atomic E-state index is 12.2. The van der Waals surface area contributed by atoms with E-state index in [0.717, 1.165) is 18.7 Å². The summed E-state index contributed by atoms with van der Waals surface area (Å²) >= 11 is 0. The number of carbonyl (C=O) groups is 2. The van der Waals surface area contributed by atoms with Gasteiger partial charge in [-0.3, -0.25) is 9.59 Å². The van der Waals surface area contributed by atoms with Crippen molar-refractivity contribution in [3.63, 3.8) is 0 Å². The second kappa shape index (κ2) is 6.84. The first-order chi connectivity index (χ1) is 11.5. The summed E-state index contributed by atoms with van der Waals surface area (Å²) in [6.07, 6.45) is 0. The fourth-order valence-electron chi connectivity index (χ4n) is 2.76. The Labute approximate surface area is 141 Å². The summed E-state index contributed by atoms with van der Waals surface area (Å²) in [6, 6.07) is 13.0. The van der Waals surface area contributed by atoms with Gasteiger partial charge in [-0.2, -0.15) is 0 Å². The fraction of sp³-hybridized carbons (Fsp3) is 0.263. The third kappa shape index (κ3) is 3.46. The highest BCUT2D eigenvalue weighted by Gasteiger charge is 2.12. The Morgan fingerprint density at radius 2 is 1.67 bits per heavy atom. The third-order valence-electron chi connectivity index (χ3n) is 4.15. The number of fused-ring (bicyclic) bond motifs is 1. The average Bonchev–Trinajstić information content (AvgIpc) is 3.06. The van der Waals surface area contributed by atoms with E-state index in [4.69, 9.17) is 0 Å². The first-order valence-corrected chi connectivity index (χ1v) is 7.96. The van der Waals surface area contributed by atoms with Crippen molar-refractivity contribution in [3.05, 3.63) is 70.3 Å². The summed E-state index contributed by atoms with van der Waals surface area (Å²) in [5.41, 5.74) is 4.83. The summed E-state index contributed by atoms with van der Waals surface area (Å²) in [5.74, 6) is -0.216. The van der Waals surface area contributed by atoms with Crippen molar-refractivity contribution in [2.75, 3.05) is 14.1 Å². The molecule has 0 spiro atoms. The second-order valence-corrected chi connectivity index (χ2v) is 6.17. The Bertz CT molecular complexity index is 767. The molecule has 2 aromatic rings. The predicted molar refractivity (Wildman–Crippen MR) is 92.6 cm³/mol. The molecule has 1 aliphatic rings. The van der Waals surface area contributed by atoms with E-state index in [9.17, 15) is 9.59 Å². The van der Waals surface area contributed by atoms with Crippen LogP contribution in [0.1, 0.15) is 37.4 Å². The Morgan fingerprint density at radius 1 is 1.00 bits per heavy atom. The number of amides is 2. The molecule has 0 radical (unpaired) electrons. The van der Waals surface area contributed by atoms with Gasteiger partial charge in [0.1, 0.15) is 0 Å². The number of nitrogens with one attached hydrogen (secondary N) is 2. The number of hydrogen-bond acceptors (Lipinski definition) is 3. The maximum Gasteiger partial charge on any atom is 0.253 e. The van der Waals surface area contributed by atoms with E-state index in [0.29, 0.717) is 17.7 Å². The van der Waals surface area contributed by atoms with E-state index >= 15 is 0 Å². The van der Waals surface area contributed by atoms with E-state index in [1.54, 1.807) is 38.4 Å².